The van der Waals surface area contributed by atoms with Crippen molar-refractivity contribution in [3.05, 3.63) is 96.5 Å². The second-order valence-corrected chi connectivity index (χ2v) is 12.3. The number of urea groups is 1. The van der Waals surface area contributed by atoms with Crippen molar-refractivity contribution < 1.29 is 40.7 Å². The molecule has 0 aliphatic carbocycles. The first-order valence-corrected chi connectivity index (χ1v) is 15.7. The van der Waals surface area contributed by atoms with Crippen LogP contribution < -0.4 is 26.0 Å². The first kappa shape index (κ1) is 38.4. The lowest BCUT2D eigenvalue weighted by atomic mass is 10.2. The normalized spacial score (nSPS) is 11.3. The van der Waals surface area contributed by atoms with Gasteiger partial charge in [-0.1, -0.05) is 35.3 Å². The van der Waals surface area contributed by atoms with Crippen molar-refractivity contribution in [2.24, 2.45) is 7.05 Å². The van der Waals surface area contributed by atoms with Gasteiger partial charge in [0.15, 0.2) is 0 Å². The Morgan fingerprint density at radius 3 is 2.22 bits per heavy atom. The number of hydrogen-bond acceptors (Lipinski definition) is 11. The van der Waals surface area contributed by atoms with E-state index in [1.165, 1.54) is 37.4 Å². The molecule has 15 nitrogen and oxygen atoms in total. The fourth-order valence-corrected chi connectivity index (χ4v) is 5.42. The van der Waals surface area contributed by atoms with Crippen molar-refractivity contribution in [1.82, 2.24) is 28.8 Å². The van der Waals surface area contributed by atoms with Crippen molar-refractivity contribution in [2.75, 3.05) is 12.4 Å². The molecule has 0 unspecified atom stereocenters. The summed E-state index contributed by atoms with van der Waals surface area (Å²) in [5.74, 6) is -0.647. The number of carbonyl (C=O) groups is 2. The van der Waals surface area contributed by atoms with E-state index >= 15 is 0 Å². The first-order valence-electron chi connectivity index (χ1n) is 13.5. The molecule has 4 rings (SSSR count). The van der Waals surface area contributed by atoms with Gasteiger partial charge in [0.05, 0.1) is 34.5 Å². The van der Waals surface area contributed by atoms with E-state index in [-0.39, 0.29) is 38.2 Å². The van der Waals surface area contributed by atoms with Crippen LogP contribution in [0, 0.1) is 6.92 Å². The lowest BCUT2D eigenvalue weighted by molar-refractivity contribution is -0.144. The summed E-state index contributed by atoms with van der Waals surface area (Å²) in [5.41, 5.74) is -4.01. The molecule has 2 aromatic heterocycles. The zero-order valence-corrected chi connectivity index (χ0v) is 28.3. The van der Waals surface area contributed by atoms with E-state index in [0.29, 0.717) is 21.0 Å². The van der Waals surface area contributed by atoms with E-state index in [1.54, 1.807) is 26.8 Å². The Bertz CT molecular complexity index is 2120. The average molecular weight is 749 g/mol. The Balaban J connectivity index is 0.000000267. The summed E-state index contributed by atoms with van der Waals surface area (Å²) in [6.07, 6.45) is -5.30. The number of methoxy groups -OCH3 is 1. The molecule has 0 spiro atoms. The van der Waals surface area contributed by atoms with Crippen molar-refractivity contribution in [2.45, 2.75) is 37.9 Å². The number of amides is 2. The van der Waals surface area contributed by atoms with Gasteiger partial charge in [0.1, 0.15) is 16.4 Å². The lowest BCUT2D eigenvalue weighted by Gasteiger charge is -2.15. The number of sulfonamides is 1. The van der Waals surface area contributed by atoms with Crippen LogP contribution in [0.15, 0.2) is 63.0 Å². The Hall–Kier alpha value is -5.01. The zero-order valence-electron chi connectivity index (χ0n) is 26.0. The van der Waals surface area contributed by atoms with Crippen LogP contribution in [-0.2, 0) is 28.0 Å². The molecule has 0 saturated carbocycles. The van der Waals surface area contributed by atoms with Crippen LogP contribution in [-0.4, -0.2) is 57.7 Å². The predicted molar refractivity (Wildman–Crippen MR) is 170 cm³/mol. The third kappa shape index (κ3) is 9.77. The van der Waals surface area contributed by atoms with Gasteiger partial charge in [-0.25, -0.2) is 32.1 Å². The Morgan fingerprint density at radius 2 is 1.63 bits per heavy atom. The summed E-state index contributed by atoms with van der Waals surface area (Å²) in [6.45, 7) is 4.80. The van der Waals surface area contributed by atoms with Crippen molar-refractivity contribution >= 4 is 51.2 Å². The van der Waals surface area contributed by atoms with Crippen LogP contribution >= 0.6 is 23.2 Å². The molecule has 0 saturated heterocycles. The number of aryl methyl sites for hydroxylation is 1. The van der Waals surface area contributed by atoms with Gasteiger partial charge >= 0.3 is 29.9 Å². The molecule has 0 bridgehead atoms. The molecular weight excluding hydrogens is 722 g/mol. The first-order chi connectivity index (χ1) is 22.7. The Labute approximate surface area is 285 Å². The maximum absolute atomic E-state index is 12.9. The van der Waals surface area contributed by atoms with Gasteiger partial charge in [0.25, 0.3) is 15.6 Å². The molecule has 262 valence electrons. The predicted octanol–water partition coefficient (Wildman–Crippen LogP) is 4.13. The number of ether oxygens (including phenoxy) is 2. The number of halogens is 5. The van der Waals surface area contributed by atoms with Gasteiger partial charge in [0.2, 0.25) is 5.95 Å². The molecule has 2 amide bonds. The van der Waals surface area contributed by atoms with Gasteiger partial charge in [-0.05, 0) is 51.1 Å². The van der Waals surface area contributed by atoms with E-state index in [4.69, 9.17) is 32.7 Å². The summed E-state index contributed by atoms with van der Waals surface area (Å²) in [5, 5.41) is 2.19. The molecule has 0 atom stereocenters. The van der Waals surface area contributed by atoms with Crippen LogP contribution in [0.4, 0.5) is 23.9 Å². The van der Waals surface area contributed by atoms with E-state index in [2.05, 4.69) is 20.3 Å². The summed E-state index contributed by atoms with van der Waals surface area (Å²) in [6, 6.07) is 8.58. The van der Waals surface area contributed by atoms with Crippen LogP contribution in [0.2, 0.25) is 10.0 Å². The monoisotopic (exact) mass is 747 g/mol. The SMILES string of the molecule is CC(C)OC(=O)c1cc(-n2c(=O)cc(C(F)(F)F)n(C)c2=O)ccc1Cl.COc1nc(C)nc(NC(=O)NS(=O)(=O)c2ccccc2Cl)n1. The Morgan fingerprint density at radius 1 is 0.980 bits per heavy atom. The van der Waals surface area contributed by atoms with Crippen LogP contribution in [0.5, 0.6) is 6.01 Å². The number of alkyl halides is 3. The smallest absolute Gasteiger partial charge is 0.431 e. The molecule has 21 heteroatoms. The van der Waals surface area contributed by atoms with Crippen molar-refractivity contribution in [3.8, 4) is 11.7 Å². The second-order valence-electron chi connectivity index (χ2n) is 9.84. The molecule has 0 aliphatic rings. The number of esters is 1. The van der Waals surface area contributed by atoms with E-state index < -0.39 is 51.2 Å². The highest BCUT2D eigenvalue weighted by atomic mass is 35.5. The quantitative estimate of drug-likeness (QED) is 0.258. The standard InChI is InChI=1S/C16H14ClF3N2O4.C12H12ClN5O4S/c1-8(2)26-14(24)10-6-9(4-5-11(10)17)22-13(23)7-12(16(18,19)20)21(3)15(22)25;1-7-14-10(17-12(15-7)22-2)16-11(19)18-23(20,21)9-6-4-3-5-8(9)13/h4-8H,1-3H3;3-6H,1-2H3,(H2,14,15,16,17,18,19). The molecule has 0 aliphatic heterocycles. The third-order valence-corrected chi connectivity index (χ3v) is 8.03. The van der Waals surface area contributed by atoms with E-state index in [1.807, 2.05) is 4.72 Å². The molecule has 0 radical (unpaired) electrons. The fraction of sp³-hybridized carbons (Fsp3) is 0.250. The number of anilines is 1. The summed E-state index contributed by atoms with van der Waals surface area (Å²) < 4.78 is 75.4. The fourth-order valence-electron chi connectivity index (χ4n) is 3.79. The Kier molecular flexibility index (Phi) is 12.1. The van der Waals surface area contributed by atoms with Crippen LogP contribution in [0.1, 0.15) is 35.7 Å². The molecule has 2 N–H and O–H groups in total. The number of aromatic nitrogens is 5. The molecule has 0 fully saturated rings. The summed E-state index contributed by atoms with van der Waals surface area (Å²) in [7, 11) is -1.89. The number of benzene rings is 2. The minimum Gasteiger partial charge on any atom is -0.467 e. The maximum Gasteiger partial charge on any atom is 0.431 e. The number of carbonyl (C=O) groups excluding carboxylic acids is 2. The zero-order chi connectivity index (χ0) is 36.8. The number of hydrogen-bond donors (Lipinski definition) is 2. The number of nitrogens with zero attached hydrogens (tertiary/aromatic N) is 5. The van der Waals surface area contributed by atoms with Crippen LogP contribution in [0.3, 0.4) is 0 Å². The maximum atomic E-state index is 12.9. The second kappa shape index (κ2) is 15.5. The van der Waals surface area contributed by atoms with Crippen molar-refractivity contribution in [3.63, 3.8) is 0 Å². The topological polar surface area (TPSA) is 193 Å². The van der Waals surface area contributed by atoms with Crippen molar-refractivity contribution in [1.29, 1.82) is 0 Å². The molecule has 4 aromatic rings. The lowest BCUT2D eigenvalue weighted by Crippen LogP contribution is -2.40. The molecule has 2 heterocycles. The molecule has 2 aromatic carbocycles. The molecular formula is C28H26Cl2F3N7O8S. The third-order valence-electron chi connectivity index (χ3n) is 5.87. The van der Waals surface area contributed by atoms with Gasteiger partial charge < -0.3 is 9.47 Å². The van der Waals surface area contributed by atoms with E-state index in [0.717, 1.165) is 13.1 Å². The highest BCUT2D eigenvalue weighted by Crippen LogP contribution is 2.27. The van der Waals surface area contributed by atoms with Gasteiger partial charge in [-0.3, -0.25) is 14.7 Å². The van der Waals surface area contributed by atoms with Crippen LogP contribution in [0.25, 0.3) is 5.69 Å². The molecule has 49 heavy (non-hydrogen) atoms. The summed E-state index contributed by atoms with van der Waals surface area (Å²) in [4.78, 5) is 59.5. The van der Waals surface area contributed by atoms with E-state index in [9.17, 15) is 40.8 Å². The number of rotatable bonds is 7. The average Bonchev–Trinajstić information content (AvgIpc) is 2.98. The summed E-state index contributed by atoms with van der Waals surface area (Å²) >= 11 is 11.7. The highest BCUT2D eigenvalue weighted by Gasteiger charge is 2.35. The highest BCUT2D eigenvalue weighted by molar-refractivity contribution is 7.90. The van der Waals surface area contributed by atoms with Gasteiger partial charge in [-0.2, -0.15) is 28.1 Å². The largest absolute Gasteiger partial charge is 0.467 e. The minimum absolute atomic E-state index is 0.00882. The minimum atomic E-state index is -4.86. The van der Waals surface area contributed by atoms with Gasteiger partial charge in [-0.15, -0.1) is 0 Å². The van der Waals surface area contributed by atoms with Gasteiger partial charge in [0, 0.05) is 13.1 Å². The number of nitrogens with one attached hydrogen (secondary N) is 2.